The Hall–Kier alpha value is -0.880. The molecule has 0 rings (SSSR count). The second kappa shape index (κ2) is 4.09. The molecule has 0 aromatic heterocycles. The lowest BCUT2D eigenvalue weighted by molar-refractivity contribution is 0.288. The van der Waals surface area contributed by atoms with Gasteiger partial charge in [0.1, 0.15) is 0 Å². The number of rotatable bonds is 5. The van der Waals surface area contributed by atoms with Gasteiger partial charge in [0.25, 0.3) is 5.79 Å². The van der Waals surface area contributed by atoms with Crippen molar-refractivity contribution in [3.63, 3.8) is 0 Å². The number of nitrogens with one attached hydrogen (secondary N) is 2. The fourth-order valence-electron chi connectivity index (χ4n) is 0.684. The number of likely N-dealkylation sites (N-methyl/N-ethyl adjacent to an activating group) is 2. The Labute approximate surface area is 64.7 Å². The number of hydrogen-bond acceptors (Lipinski definition) is 6. The zero-order valence-corrected chi connectivity index (χ0v) is 6.79. The van der Waals surface area contributed by atoms with Crippen LogP contribution < -0.4 is 10.6 Å². The van der Waals surface area contributed by atoms with Crippen molar-refractivity contribution in [2.45, 2.75) is 18.8 Å². The van der Waals surface area contributed by atoms with Crippen molar-refractivity contribution in [1.82, 2.24) is 10.6 Å². The van der Waals surface area contributed by atoms with Crippen molar-refractivity contribution in [1.29, 1.82) is 0 Å². The Balaban J connectivity index is 4.52. The molecule has 0 aliphatic rings. The van der Waals surface area contributed by atoms with E-state index in [4.69, 9.17) is 0 Å². The normalized spacial score (nSPS) is 14.1. The molecule has 2 N–H and O–H groups in total. The number of nitroso groups, excluding NO2 is 2. The number of hydrogen-bond donors (Lipinski definition) is 2. The first-order valence-corrected chi connectivity index (χ1v) is 3.22. The van der Waals surface area contributed by atoms with Crippen molar-refractivity contribution >= 4 is 0 Å². The molecule has 0 heterocycles. The Bertz CT molecular complexity index is 141. The minimum atomic E-state index is -1.59. The van der Waals surface area contributed by atoms with E-state index < -0.39 is 11.8 Å². The van der Waals surface area contributed by atoms with Gasteiger partial charge in [-0.25, -0.2) is 0 Å². The molecule has 11 heavy (non-hydrogen) atoms. The minimum Gasteiger partial charge on any atom is -0.312 e. The molecule has 0 aromatic rings. The maximum atomic E-state index is 10.2. The van der Waals surface area contributed by atoms with Crippen LogP contribution in [0.25, 0.3) is 0 Å². The van der Waals surface area contributed by atoms with Crippen LogP contribution in [-0.4, -0.2) is 25.9 Å². The van der Waals surface area contributed by atoms with Crippen LogP contribution in [0.3, 0.4) is 0 Å². The van der Waals surface area contributed by atoms with E-state index in [0.717, 1.165) is 0 Å². The highest BCUT2D eigenvalue weighted by molar-refractivity contribution is 4.89. The molecule has 0 bridgehead atoms. The lowest BCUT2D eigenvalue weighted by Gasteiger charge is -2.23. The summed E-state index contributed by atoms with van der Waals surface area (Å²) in [7, 11) is 3.07. The summed E-state index contributed by atoms with van der Waals surface area (Å²) in [4.78, 5) is 20.5. The first-order valence-electron chi connectivity index (χ1n) is 3.22. The maximum absolute atomic E-state index is 10.2. The summed E-state index contributed by atoms with van der Waals surface area (Å²) in [5.74, 6) is -1.59. The van der Waals surface area contributed by atoms with Gasteiger partial charge in [-0.1, -0.05) is 0 Å². The van der Waals surface area contributed by atoms with Crippen LogP contribution in [0.1, 0.15) is 6.92 Å². The van der Waals surface area contributed by atoms with Crippen LogP contribution in [0, 0.1) is 9.81 Å². The van der Waals surface area contributed by atoms with Crippen LogP contribution in [0.4, 0.5) is 0 Å². The summed E-state index contributed by atoms with van der Waals surface area (Å²) in [6, 6.07) is -0.428. The fourth-order valence-corrected chi connectivity index (χ4v) is 0.684. The predicted molar refractivity (Wildman–Crippen MR) is 41.9 cm³/mol. The summed E-state index contributed by atoms with van der Waals surface area (Å²) >= 11 is 0. The van der Waals surface area contributed by atoms with Crippen LogP contribution in [0.5, 0.6) is 0 Å². The summed E-state index contributed by atoms with van der Waals surface area (Å²) in [5.41, 5.74) is 0. The molecule has 0 saturated heterocycles. The molecule has 0 amide bonds. The first-order chi connectivity index (χ1) is 5.16. The molecule has 1 unspecified atom stereocenters. The van der Waals surface area contributed by atoms with Crippen molar-refractivity contribution in [2.24, 2.45) is 10.4 Å². The molecule has 6 nitrogen and oxygen atoms in total. The van der Waals surface area contributed by atoms with Crippen LogP contribution in [-0.2, 0) is 0 Å². The second-order valence-corrected chi connectivity index (χ2v) is 2.17. The van der Waals surface area contributed by atoms with Crippen molar-refractivity contribution in [3.8, 4) is 0 Å². The quantitative estimate of drug-likeness (QED) is 0.554. The Kier molecular flexibility index (Phi) is 3.77. The Morgan fingerprint density at radius 2 is 1.73 bits per heavy atom. The molecule has 1 atom stereocenters. The van der Waals surface area contributed by atoms with E-state index in [1.165, 1.54) is 7.05 Å². The topological polar surface area (TPSA) is 82.9 Å². The molecule has 0 aromatic carbocycles. The van der Waals surface area contributed by atoms with Crippen molar-refractivity contribution in [2.75, 3.05) is 14.1 Å². The molecule has 0 aliphatic carbocycles. The second-order valence-electron chi connectivity index (χ2n) is 2.17. The van der Waals surface area contributed by atoms with Gasteiger partial charge in [-0.3, -0.25) is 5.32 Å². The molecule has 0 aliphatic heterocycles. The Morgan fingerprint density at radius 1 is 1.27 bits per heavy atom. The van der Waals surface area contributed by atoms with E-state index in [0.29, 0.717) is 0 Å². The van der Waals surface area contributed by atoms with E-state index in [9.17, 15) is 9.81 Å². The molecule has 6 heteroatoms. The summed E-state index contributed by atoms with van der Waals surface area (Å²) in [6.45, 7) is 1.64. The SMILES string of the molecule is CNC(C)C(N=O)(N=O)NC. The standard InChI is InChI=1S/C5H12N4O2/c1-4(6-2)5(7-3,8-10)9-11/h4,6-7H,1-3H3. The third-order valence-electron chi connectivity index (χ3n) is 1.68. The van der Waals surface area contributed by atoms with E-state index in [2.05, 4.69) is 21.0 Å². The van der Waals surface area contributed by atoms with Crippen molar-refractivity contribution in [3.05, 3.63) is 9.81 Å². The summed E-state index contributed by atoms with van der Waals surface area (Å²) in [5, 5.41) is 10.4. The van der Waals surface area contributed by atoms with Gasteiger partial charge in [-0.05, 0) is 31.4 Å². The molecule has 0 radical (unpaired) electrons. The van der Waals surface area contributed by atoms with E-state index in [1.807, 2.05) is 0 Å². The van der Waals surface area contributed by atoms with Gasteiger partial charge >= 0.3 is 0 Å². The molecule has 0 spiro atoms. The average molecular weight is 160 g/mol. The van der Waals surface area contributed by atoms with Gasteiger partial charge in [0.05, 0.1) is 6.04 Å². The largest absolute Gasteiger partial charge is 0.312 e. The monoisotopic (exact) mass is 160 g/mol. The third-order valence-corrected chi connectivity index (χ3v) is 1.68. The van der Waals surface area contributed by atoms with Crippen molar-refractivity contribution < 1.29 is 0 Å². The highest BCUT2D eigenvalue weighted by atomic mass is 16.3. The highest BCUT2D eigenvalue weighted by Crippen LogP contribution is 2.12. The fraction of sp³-hybridized carbons (Fsp3) is 1.00. The van der Waals surface area contributed by atoms with Gasteiger partial charge in [0.2, 0.25) is 0 Å². The van der Waals surface area contributed by atoms with Gasteiger partial charge in [0, 0.05) is 0 Å². The maximum Gasteiger partial charge on any atom is 0.299 e. The van der Waals surface area contributed by atoms with Gasteiger partial charge < -0.3 is 5.32 Å². The average Bonchev–Trinajstić information content (AvgIpc) is 2.08. The summed E-state index contributed by atoms with van der Waals surface area (Å²) < 4.78 is 0. The van der Waals surface area contributed by atoms with Crippen LogP contribution in [0.2, 0.25) is 0 Å². The minimum absolute atomic E-state index is 0.428. The predicted octanol–water partition coefficient (Wildman–Crippen LogP) is 0.000300. The molecular weight excluding hydrogens is 148 g/mol. The lowest BCUT2D eigenvalue weighted by atomic mass is 10.2. The zero-order chi connectivity index (χ0) is 8.91. The Morgan fingerprint density at radius 3 is 1.82 bits per heavy atom. The summed E-state index contributed by atoms with van der Waals surface area (Å²) in [6.07, 6.45) is 0. The molecule has 0 saturated carbocycles. The zero-order valence-electron chi connectivity index (χ0n) is 6.79. The lowest BCUT2D eigenvalue weighted by Crippen LogP contribution is -2.53. The van der Waals surface area contributed by atoms with Crippen LogP contribution >= 0.6 is 0 Å². The van der Waals surface area contributed by atoms with Gasteiger partial charge in [-0.15, -0.1) is 9.81 Å². The van der Waals surface area contributed by atoms with Gasteiger partial charge in [-0.2, -0.15) is 0 Å². The number of nitrogens with zero attached hydrogens (tertiary/aromatic N) is 2. The highest BCUT2D eigenvalue weighted by Gasteiger charge is 2.37. The van der Waals surface area contributed by atoms with E-state index >= 15 is 0 Å². The van der Waals surface area contributed by atoms with Gasteiger partial charge in [0.15, 0.2) is 0 Å². The third kappa shape index (κ3) is 1.78. The smallest absolute Gasteiger partial charge is 0.299 e. The van der Waals surface area contributed by atoms with E-state index in [1.54, 1.807) is 14.0 Å². The van der Waals surface area contributed by atoms with E-state index in [-0.39, 0.29) is 0 Å². The first kappa shape index (κ1) is 10.1. The molecule has 0 fully saturated rings. The van der Waals surface area contributed by atoms with Crippen LogP contribution in [0.15, 0.2) is 10.4 Å². The molecule has 64 valence electrons. The molecular formula is C5H12N4O2.